The third-order valence-electron chi connectivity index (χ3n) is 6.60. The van der Waals surface area contributed by atoms with Crippen LogP contribution in [0.4, 0.5) is 17.1 Å². The van der Waals surface area contributed by atoms with Crippen molar-refractivity contribution in [3.63, 3.8) is 0 Å². The van der Waals surface area contributed by atoms with Gasteiger partial charge in [-0.3, -0.25) is 9.59 Å². The Balaban J connectivity index is 1.11. The van der Waals surface area contributed by atoms with E-state index in [1.807, 2.05) is 47.4 Å². The van der Waals surface area contributed by atoms with E-state index in [9.17, 15) is 9.59 Å². The maximum Gasteiger partial charge on any atom is 0.257 e. The summed E-state index contributed by atoms with van der Waals surface area (Å²) in [7, 11) is 0. The zero-order valence-corrected chi connectivity index (χ0v) is 18.6. The van der Waals surface area contributed by atoms with E-state index in [0.717, 1.165) is 42.5 Å². The molecule has 3 heterocycles. The molecule has 8 heteroatoms. The Morgan fingerprint density at radius 3 is 2.59 bits per heavy atom. The third-order valence-corrected chi connectivity index (χ3v) is 6.60. The van der Waals surface area contributed by atoms with Gasteiger partial charge < -0.3 is 29.9 Å². The maximum atomic E-state index is 13.2. The lowest BCUT2D eigenvalue weighted by Crippen LogP contribution is -3.13. The first-order chi connectivity index (χ1) is 16.6. The molecule has 0 unspecified atom stereocenters. The SMILES string of the molecule is O=C1Nc2cc(C(=O)N3CC[NH+](Cc4ccc5c(c4)OCO5)CC3)ccc2Nc2ccccc21. The molecule has 1 fully saturated rings. The molecule has 3 N–H and O–H groups in total. The standard InChI is InChI=1S/C26H24N4O4/c31-25-19-3-1-2-4-20(19)27-21-7-6-18(14-22(21)28-25)26(32)30-11-9-29(10-12-30)15-17-5-8-23-24(13-17)34-16-33-23/h1-8,13-14,27H,9-12,15-16H2,(H,28,31)/p+1. The third kappa shape index (κ3) is 3.82. The number of amides is 2. The molecule has 0 spiro atoms. The summed E-state index contributed by atoms with van der Waals surface area (Å²) in [6.45, 7) is 4.28. The van der Waals surface area contributed by atoms with Crippen molar-refractivity contribution in [1.29, 1.82) is 0 Å². The summed E-state index contributed by atoms with van der Waals surface area (Å²) in [4.78, 5) is 29.2. The molecule has 0 bridgehead atoms. The molecule has 0 aliphatic carbocycles. The highest BCUT2D eigenvalue weighted by Gasteiger charge is 2.27. The van der Waals surface area contributed by atoms with Crippen LogP contribution in [-0.4, -0.2) is 49.7 Å². The van der Waals surface area contributed by atoms with Gasteiger partial charge in [-0.15, -0.1) is 0 Å². The van der Waals surface area contributed by atoms with Gasteiger partial charge in [-0.25, -0.2) is 0 Å². The van der Waals surface area contributed by atoms with E-state index in [2.05, 4.69) is 16.7 Å². The Morgan fingerprint density at radius 2 is 1.71 bits per heavy atom. The molecule has 6 rings (SSSR count). The van der Waals surface area contributed by atoms with Crippen LogP contribution in [-0.2, 0) is 6.54 Å². The predicted octanol–water partition coefficient (Wildman–Crippen LogP) is 2.27. The van der Waals surface area contributed by atoms with E-state index in [4.69, 9.17) is 9.47 Å². The van der Waals surface area contributed by atoms with Gasteiger partial charge in [-0.05, 0) is 48.5 Å². The van der Waals surface area contributed by atoms with E-state index in [0.29, 0.717) is 29.9 Å². The molecule has 3 aromatic carbocycles. The lowest BCUT2D eigenvalue weighted by atomic mass is 10.1. The lowest BCUT2D eigenvalue weighted by molar-refractivity contribution is -0.917. The van der Waals surface area contributed by atoms with Gasteiger partial charge in [0.05, 0.1) is 48.8 Å². The number of carbonyl (C=O) groups excluding carboxylic acids is 2. The van der Waals surface area contributed by atoms with Crippen molar-refractivity contribution in [2.45, 2.75) is 6.54 Å². The Bertz CT molecular complexity index is 1280. The summed E-state index contributed by atoms with van der Waals surface area (Å²) in [6, 6.07) is 18.9. The van der Waals surface area contributed by atoms with E-state index < -0.39 is 0 Å². The molecule has 2 amide bonds. The van der Waals surface area contributed by atoms with Gasteiger partial charge in [0.15, 0.2) is 11.5 Å². The van der Waals surface area contributed by atoms with Crippen molar-refractivity contribution < 1.29 is 24.0 Å². The summed E-state index contributed by atoms with van der Waals surface area (Å²) < 4.78 is 10.9. The Hall–Kier alpha value is -4.04. The molecule has 0 atom stereocenters. The summed E-state index contributed by atoms with van der Waals surface area (Å²) in [5.74, 6) is 1.40. The first-order valence-corrected chi connectivity index (χ1v) is 11.5. The largest absolute Gasteiger partial charge is 0.454 e. The number of carbonyl (C=O) groups is 2. The van der Waals surface area contributed by atoms with Crippen LogP contribution in [0, 0.1) is 0 Å². The zero-order valence-electron chi connectivity index (χ0n) is 18.6. The number of nitrogens with zero attached hydrogens (tertiary/aromatic N) is 1. The first kappa shape index (κ1) is 20.6. The highest BCUT2D eigenvalue weighted by atomic mass is 16.7. The molecule has 1 saturated heterocycles. The number of ether oxygens (including phenoxy) is 2. The number of para-hydroxylation sites is 1. The van der Waals surface area contributed by atoms with Crippen molar-refractivity contribution in [1.82, 2.24) is 4.90 Å². The number of fused-ring (bicyclic) bond motifs is 3. The van der Waals surface area contributed by atoms with Crippen LogP contribution in [0.1, 0.15) is 26.3 Å². The van der Waals surface area contributed by atoms with Crippen LogP contribution in [0.15, 0.2) is 60.7 Å². The van der Waals surface area contributed by atoms with E-state index in [1.165, 1.54) is 10.5 Å². The minimum Gasteiger partial charge on any atom is -0.454 e. The first-order valence-electron chi connectivity index (χ1n) is 11.5. The molecular weight excluding hydrogens is 432 g/mol. The second-order valence-electron chi connectivity index (χ2n) is 8.79. The van der Waals surface area contributed by atoms with Crippen molar-refractivity contribution >= 4 is 28.9 Å². The van der Waals surface area contributed by atoms with Crippen LogP contribution >= 0.6 is 0 Å². The highest BCUT2D eigenvalue weighted by Crippen LogP contribution is 2.33. The number of rotatable bonds is 3. The lowest BCUT2D eigenvalue weighted by Gasteiger charge is -2.32. The number of piperazine rings is 1. The van der Waals surface area contributed by atoms with Crippen molar-refractivity contribution in [2.75, 3.05) is 43.6 Å². The second kappa shape index (κ2) is 8.39. The summed E-state index contributed by atoms with van der Waals surface area (Å²) in [5, 5.41) is 6.23. The number of anilines is 3. The topological polar surface area (TPSA) is 84.3 Å². The van der Waals surface area contributed by atoms with E-state index in [1.54, 1.807) is 12.1 Å². The van der Waals surface area contributed by atoms with Gasteiger partial charge >= 0.3 is 0 Å². The van der Waals surface area contributed by atoms with Crippen LogP contribution in [0.3, 0.4) is 0 Å². The quantitative estimate of drug-likeness (QED) is 0.562. The van der Waals surface area contributed by atoms with Crippen LogP contribution in [0.2, 0.25) is 0 Å². The smallest absolute Gasteiger partial charge is 0.257 e. The Kier molecular flexibility index (Phi) is 5.07. The molecule has 3 aliphatic rings. The second-order valence-corrected chi connectivity index (χ2v) is 8.79. The average Bonchev–Trinajstić information content (AvgIpc) is 3.28. The number of benzene rings is 3. The fraction of sp³-hybridized carbons (Fsp3) is 0.231. The molecule has 3 aliphatic heterocycles. The number of quaternary nitrogens is 1. The highest BCUT2D eigenvalue weighted by molar-refractivity contribution is 6.12. The summed E-state index contributed by atoms with van der Waals surface area (Å²) in [6.07, 6.45) is 0. The van der Waals surface area contributed by atoms with Gasteiger partial charge in [0.25, 0.3) is 11.8 Å². The van der Waals surface area contributed by atoms with Crippen molar-refractivity contribution in [2.24, 2.45) is 0 Å². The van der Waals surface area contributed by atoms with Gasteiger partial charge in [-0.2, -0.15) is 0 Å². The number of hydrogen-bond acceptors (Lipinski definition) is 5. The van der Waals surface area contributed by atoms with Gasteiger partial charge in [-0.1, -0.05) is 12.1 Å². The Morgan fingerprint density at radius 1 is 0.882 bits per heavy atom. The minimum atomic E-state index is -0.188. The van der Waals surface area contributed by atoms with E-state index in [-0.39, 0.29) is 18.6 Å². The fourth-order valence-electron chi connectivity index (χ4n) is 4.74. The Labute approximate surface area is 197 Å². The summed E-state index contributed by atoms with van der Waals surface area (Å²) >= 11 is 0. The number of nitrogens with one attached hydrogen (secondary N) is 3. The van der Waals surface area contributed by atoms with E-state index >= 15 is 0 Å². The van der Waals surface area contributed by atoms with Crippen molar-refractivity contribution in [3.05, 3.63) is 77.4 Å². The predicted molar refractivity (Wildman–Crippen MR) is 127 cm³/mol. The molecule has 0 saturated carbocycles. The molecule has 172 valence electrons. The monoisotopic (exact) mass is 457 g/mol. The molecule has 0 aromatic heterocycles. The number of hydrogen-bond donors (Lipinski definition) is 3. The molecule has 8 nitrogen and oxygen atoms in total. The molecular formula is C26H25N4O4+. The van der Waals surface area contributed by atoms with Crippen molar-refractivity contribution in [3.8, 4) is 11.5 Å². The zero-order chi connectivity index (χ0) is 23.1. The van der Waals surface area contributed by atoms with Crippen LogP contribution in [0.25, 0.3) is 0 Å². The molecule has 34 heavy (non-hydrogen) atoms. The fourth-order valence-corrected chi connectivity index (χ4v) is 4.74. The maximum absolute atomic E-state index is 13.2. The average molecular weight is 458 g/mol. The normalized spacial score (nSPS) is 16.7. The van der Waals surface area contributed by atoms with Crippen LogP contribution in [0.5, 0.6) is 11.5 Å². The molecule has 3 aromatic rings. The van der Waals surface area contributed by atoms with Gasteiger partial charge in [0, 0.05) is 11.1 Å². The van der Waals surface area contributed by atoms with Gasteiger partial charge in [0.2, 0.25) is 6.79 Å². The summed E-state index contributed by atoms with van der Waals surface area (Å²) in [5.41, 5.74) is 4.49. The molecule has 0 radical (unpaired) electrons. The van der Waals surface area contributed by atoms with Gasteiger partial charge in [0.1, 0.15) is 6.54 Å². The minimum absolute atomic E-state index is 0.0130. The van der Waals surface area contributed by atoms with Crippen LogP contribution < -0.4 is 25.0 Å².